The number of carbonyl (C=O) groups is 2. The van der Waals surface area contributed by atoms with Crippen LogP contribution in [0, 0.1) is 0 Å². The lowest BCUT2D eigenvalue weighted by Gasteiger charge is -2.07. The molecule has 0 amide bonds. The maximum absolute atomic E-state index is 11.2. The highest BCUT2D eigenvalue weighted by atomic mass is 16.7. The molecule has 0 aliphatic carbocycles. The van der Waals surface area contributed by atoms with Crippen molar-refractivity contribution in [2.75, 3.05) is 13.2 Å². The Morgan fingerprint density at radius 2 is 1.50 bits per heavy atom. The molecule has 14 heavy (non-hydrogen) atoms. The third-order valence-electron chi connectivity index (χ3n) is 2.17. The van der Waals surface area contributed by atoms with E-state index in [2.05, 4.69) is 0 Å². The fraction of sp³-hybridized carbons (Fsp3) is 0.800. The van der Waals surface area contributed by atoms with E-state index < -0.39 is 6.16 Å². The van der Waals surface area contributed by atoms with E-state index in [1.807, 2.05) is 0 Å². The second-order valence-electron chi connectivity index (χ2n) is 3.40. The Balaban J connectivity index is 2.28. The first kappa shape index (κ1) is 11.0. The first-order valence-electron chi connectivity index (χ1n) is 5.10. The van der Waals surface area contributed by atoms with Gasteiger partial charge in [0.2, 0.25) is 0 Å². The molecule has 0 radical (unpaired) electrons. The lowest BCUT2D eigenvalue weighted by atomic mass is 10.1. The fourth-order valence-electron chi connectivity index (χ4n) is 1.35. The van der Waals surface area contributed by atoms with E-state index in [0.717, 1.165) is 25.7 Å². The summed E-state index contributed by atoms with van der Waals surface area (Å²) >= 11 is 0. The molecule has 1 aliphatic heterocycles. The van der Waals surface area contributed by atoms with E-state index in [4.69, 9.17) is 9.47 Å². The molecule has 1 aliphatic rings. The molecular formula is C10H16O4. The number of Topliss-reactive ketones (excluding diaryl/α,β-unsaturated/α-hetero) is 1. The van der Waals surface area contributed by atoms with E-state index in [1.54, 1.807) is 0 Å². The zero-order valence-corrected chi connectivity index (χ0v) is 8.29. The van der Waals surface area contributed by atoms with Gasteiger partial charge in [-0.2, -0.15) is 0 Å². The molecule has 80 valence electrons. The summed E-state index contributed by atoms with van der Waals surface area (Å²) in [7, 11) is 0. The smallest absolute Gasteiger partial charge is 0.434 e. The highest BCUT2D eigenvalue weighted by Crippen LogP contribution is 2.07. The van der Waals surface area contributed by atoms with Crippen LogP contribution in [0.15, 0.2) is 0 Å². The van der Waals surface area contributed by atoms with Gasteiger partial charge in [0.1, 0.15) is 12.4 Å². The van der Waals surface area contributed by atoms with E-state index >= 15 is 0 Å². The van der Waals surface area contributed by atoms with Crippen molar-refractivity contribution in [3.8, 4) is 0 Å². The molecule has 0 spiro atoms. The molecule has 0 aromatic heterocycles. The van der Waals surface area contributed by atoms with Crippen LogP contribution in [0.1, 0.15) is 38.5 Å². The van der Waals surface area contributed by atoms with E-state index in [0.29, 0.717) is 19.4 Å². The molecule has 0 atom stereocenters. The summed E-state index contributed by atoms with van der Waals surface area (Å²) in [6, 6.07) is 0. The quantitative estimate of drug-likeness (QED) is 0.561. The normalized spacial score (nSPS) is 21.4. The van der Waals surface area contributed by atoms with Crippen molar-refractivity contribution in [2.24, 2.45) is 0 Å². The van der Waals surface area contributed by atoms with Crippen LogP contribution in [0.2, 0.25) is 0 Å². The zero-order valence-electron chi connectivity index (χ0n) is 8.29. The molecule has 0 aromatic carbocycles. The second kappa shape index (κ2) is 6.40. The van der Waals surface area contributed by atoms with E-state index in [1.165, 1.54) is 0 Å². The van der Waals surface area contributed by atoms with Gasteiger partial charge < -0.3 is 9.47 Å². The Kier molecular flexibility index (Phi) is 5.04. The first-order chi connectivity index (χ1) is 6.79. The van der Waals surface area contributed by atoms with Gasteiger partial charge in [0.15, 0.2) is 0 Å². The Hall–Kier alpha value is -1.06. The number of hydrogen-bond acceptors (Lipinski definition) is 4. The summed E-state index contributed by atoms with van der Waals surface area (Å²) in [5, 5.41) is 0. The van der Waals surface area contributed by atoms with Gasteiger partial charge in [-0.25, -0.2) is 4.79 Å². The van der Waals surface area contributed by atoms with Crippen LogP contribution in [0.25, 0.3) is 0 Å². The van der Waals surface area contributed by atoms with Crippen LogP contribution in [-0.4, -0.2) is 25.2 Å². The minimum Gasteiger partial charge on any atom is -0.434 e. The zero-order chi connectivity index (χ0) is 10.2. The Morgan fingerprint density at radius 1 is 0.786 bits per heavy atom. The van der Waals surface area contributed by atoms with Crippen molar-refractivity contribution in [3.05, 3.63) is 0 Å². The Labute approximate surface area is 83.6 Å². The topological polar surface area (TPSA) is 52.6 Å². The highest BCUT2D eigenvalue weighted by molar-refractivity contribution is 5.78. The Morgan fingerprint density at radius 3 is 2.36 bits per heavy atom. The molecule has 1 saturated heterocycles. The van der Waals surface area contributed by atoms with Crippen molar-refractivity contribution in [1.29, 1.82) is 0 Å². The third kappa shape index (κ3) is 4.84. The van der Waals surface area contributed by atoms with Crippen molar-refractivity contribution in [1.82, 2.24) is 0 Å². The first-order valence-corrected chi connectivity index (χ1v) is 5.10. The van der Waals surface area contributed by atoms with Gasteiger partial charge in [0.25, 0.3) is 0 Å². The molecule has 1 rings (SSSR count). The fourth-order valence-corrected chi connectivity index (χ4v) is 1.35. The van der Waals surface area contributed by atoms with Crippen LogP contribution >= 0.6 is 0 Å². The van der Waals surface area contributed by atoms with Gasteiger partial charge >= 0.3 is 6.16 Å². The second-order valence-corrected chi connectivity index (χ2v) is 3.40. The van der Waals surface area contributed by atoms with Crippen LogP contribution in [0.3, 0.4) is 0 Å². The lowest BCUT2D eigenvalue weighted by Crippen LogP contribution is -2.12. The molecule has 0 bridgehead atoms. The minimum atomic E-state index is -0.654. The van der Waals surface area contributed by atoms with Crippen molar-refractivity contribution < 1.29 is 19.1 Å². The van der Waals surface area contributed by atoms with Crippen molar-refractivity contribution >= 4 is 11.9 Å². The van der Waals surface area contributed by atoms with E-state index in [9.17, 15) is 9.59 Å². The molecule has 0 saturated carbocycles. The predicted molar refractivity (Wildman–Crippen MR) is 50.0 cm³/mol. The van der Waals surface area contributed by atoms with Crippen molar-refractivity contribution in [3.63, 3.8) is 0 Å². The average molecular weight is 200 g/mol. The standard InChI is InChI=1S/C10H16O4/c11-9-5-3-1-2-4-7-13-10(12)14-8-6-9/h1-8H2. The number of ketones is 1. The maximum Gasteiger partial charge on any atom is 0.508 e. The lowest BCUT2D eigenvalue weighted by molar-refractivity contribution is -0.120. The summed E-state index contributed by atoms with van der Waals surface area (Å²) < 4.78 is 9.48. The van der Waals surface area contributed by atoms with Crippen LogP contribution in [0.5, 0.6) is 0 Å². The minimum absolute atomic E-state index is 0.150. The van der Waals surface area contributed by atoms with Gasteiger partial charge in [-0.05, 0) is 12.8 Å². The Bertz CT molecular complexity index is 180. The molecule has 0 unspecified atom stereocenters. The number of hydrogen-bond donors (Lipinski definition) is 0. The predicted octanol–water partition coefficient (Wildman–Crippen LogP) is 2.06. The largest absolute Gasteiger partial charge is 0.508 e. The van der Waals surface area contributed by atoms with Crippen LogP contribution in [0.4, 0.5) is 4.79 Å². The van der Waals surface area contributed by atoms with Gasteiger partial charge in [-0.3, -0.25) is 4.79 Å². The molecule has 1 heterocycles. The summed E-state index contributed by atoms with van der Waals surface area (Å²) in [5.41, 5.74) is 0. The number of carbonyl (C=O) groups excluding carboxylic acids is 2. The maximum atomic E-state index is 11.2. The summed E-state index contributed by atoms with van der Waals surface area (Å²) in [5.74, 6) is 0.165. The summed E-state index contributed by atoms with van der Waals surface area (Å²) in [4.78, 5) is 22.0. The molecule has 1 fully saturated rings. The number of cyclic esters (lactones) is 2. The molecule has 0 N–H and O–H groups in total. The van der Waals surface area contributed by atoms with Gasteiger partial charge in [0.05, 0.1) is 6.61 Å². The number of rotatable bonds is 0. The van der Waals surface area contributed by atoms with Gasteiger partial charge in [-0.1, -0.05) is 12.8 Å². The molecule has 4 nitrogen and oxygen atoms in total. The highest BCUT2D eigenvalue weighted by Gasteiger charge is 2.08. The van der Waals surface area contributed by atoms with Crippen molar-refractivity contribution in [2.45, 2.75) is 38.5 Å². The monoisotopic (exact) mass is 200 g/mol. The van der Waals surface area contributed by atoms with Crippen LogP contribution in [-0.2, 0) is 14.3 Å². The number of ether oxygens (including phenoxy) is 2. The van der Waals surface area contributed by atoms with Gasteiger partial charge in [0, 0.05) is 12.8 Å². The summed E-state index contributed by atoms with van der Waals surface area (Å²) in [6.45, 7) is 0.574. The average Bonchev–Trinajstić information content (AvgIpc) is 2.14. The third-order valence-corrected chi connectivity index (χ3v) is 2.17. The molecule has 4 heteroatoms. The van der Waals surface area contributed by atoms with Gasteiger partial charge in [-0.15, -0.1) is 0 Å². The molecule has 0 aromatic rings. The molecular weight excluding hydrogens is 184 g/mol. The van der Waals surface area contributed by atoms with E-state index in [-0.39, 0.29) is 12.4 Å². The van der Waals surface area contributed by atoms with Crippen LogP contribution < -0.4 is 0 Å². The summed E-state index contributed by atoms with van der Waals surface area (Å²) in [6.07, 6.45) is 4.09. The SMILES string of the molecule is O=C1CCCCCCOC(=O)OCC1.